The molecule has 1 aliphatic heterocycles. The van der Waals surface area contributed by atoms with Crippen molar-refractivity contribution >= 4 is 0 Å². The van der Waals surface area contributed by atoms with Crippen molar-refractivity contribution < 1.29 is 4.74 Å². The molecule has 2 fully saturated rings. The van der Waals surface area contributed by atoms with E-state index in [1.807, 2.05) is 13.8 Å². The highest BCUT2D eigenvalue weighted by Crippen LogP contribution is 2.46. The minimum atomic E-state index is 0.563. The SMILES string of the molecule is CC.CCOCC1(CN2CCCCC2)CC1. The molecule has 0 N–H and O–H groups in total. The van der Waals surface area contributed by atoms with Gasteiger partial charge in [-0.1, -0.05) is 20.3 Å². The van der Waals surface area contributed by atoms with E-state index < -0.39 is 0 Å². The Kier molecular flexibility index (Phi) is 6.37. The van der Waals surface area contributed by atoms with E-state index in [9.17, 15) is 0 Å². The van der Waals surface area contributed by atoms with Crippen LogP contribution in [-0.4, -0.2) is 37.7 Å². The largest absolute Gasteiger partial charge is 0.381 e. The second-order valence-corrected chi connectivity index (χ2v) is 4.97. The van der Waals surface area contributed by atoms with Crippen molar-refractivity contribution in [3.05, 3.63) is 0 Å². The van der Waals surface area contributed by atoms with E-state index in [2.05, 4.69) is 11.8 Å². The van der Waals surface area contributed by atoms with Gasteiger partial charge in [0.15, 0.2) is 0 Å². The van der Waals surface area contributed by atoms with Crippen molar-refractivity contribution in [1.29, 1.82) is 0 Å². The fourth-order valence-electron chi connectivity index (χ4n) is 2.44. The van der Waals surface area contributed by atoms with E-state index >= 15 is 0 Å². The van der Waals surface area contributed by atoms with Crippen LogP contribution in [-0.2, 0) is 4.74 Å². The average molecular weight is 227 g/mol. The lowest BCUT2D eigenvalue weighted by molar-refractivity contribution is 0.0735. The Bertz CT molecular complexity index is 172. The first kappa shape index (κ1) is 14.0. The van der Waals surface area contributed by atoms with Crippen LogP contribution in [0.5, 0.6) is 0 Å². The van der Waals surface area contributed by atoms with Crippen LogP contribution in [0.4, 0.5) is 0 Å². The number of hydrogen-bond acceptors (Lipinski definition) is 2. The topological polar surface area (TPSA) is 12.5 Å². The molecule has 96 valence electrons. The van der Waals surface area contributed by atoms with Crippen molar-refractivity contribution in [2.45, 2.75) is 52.9 Å². The van der Waals surface area contributed by atoms with Gasteiger partial charge in [-0.05, 0) is 45.7 Å². The molecule has 1 saturated heterocycles. The van der Waals surface area contributed by atoms with Crippen LogP contribution in [0, 0.1) is 5.41 Å². The van der Waals surface area contributed by atoms with E-state index in [4.69, 9.17) is 4.74 Å². The molecule has 2 heteroatoms. The zero-order chi connectivity index (χ0) is 11.9. The number of piperidine rings is 1. The summed E-state index contributed by atoms with van der Waals surface area (Å²) in [7, 11) is 0. The number of nitrogens with zero attached hydrogens (tertiary/aromatic N) is 1. The summed E-state index contributed by atoms with van der Waals surface area (Å²) in [4.78, 5) is 2.65. The highest BCUT2D eigenvalue weighted by Gasteiger charge is 2.43. The second-order valence-electron chi connectivity index (χ2n) is 4.97. The lowest BCUT2D eigenvalue weighted by atomic mass is 10.1. The molecule has 1 aliphatic carbocycles. The summed E-state index contributed by atoms with van der Waals surface area (Å²) >= 11 is 0. The normalized spacial score (nSPS) is 23.4. The van der Waals surface area contributed by atoms with Crippen molar-refractivity contribution in [2.24, 2.45) is 5.41 Å². The van der Waals surface area contributed by atoms with Crippen LogP contribution in [0.25, 0.3) is 0 Å². The Morgan fingerprint density at radius 1 is 1.06 bits per heavy atom. The number of likely N-dealkylation sites (tertiary alicyclic amines) is 1. The van der Waals surface area contributed by atoms with Crippen molar-refractivity contribution in [2.75, 3.05) is 32.8 Å². The summed E-state index contributed by atoms with van der Waals surface area (Å²) in [5.41, 5.74) is 0.563. The second kappa shape index (κ2) is 7.29. The summed E-state index contributed by atoms with van der Waals surface area (Å²) in [6.45, 7) is 11.9. The van der Waals surface area contributed by atoms with Gasteiger partial charge in [0.05, 0.1) is 6.61 Å². The third kappa shape index (κ3) is 4.42. The maximum atomic E-state index is 5.58. The first-order valence-electron chi connectivity index (χ1n) is 7.15. The Hall–Kier alpha value is -0.0800. The maximum Gasteiger partial charge on any atom is 0.0534 e. The lowest BCUT2D eigenvalue weighted by Gasteiger charge is -2.30. The van der Waals surface area contributed by atoms with Crippen LogP contribution in [0.1, 0.15) is 52.9 Å². The van der Waals surface area contributed by atoms with E-state index in [0.717, 1.165) is 13.2 Å². The molecular formula is C14H29NO. The van der Waals surface area contributed by atoms with Crippen molar-refractivity contribution in [3.63, 3.8) is 0 Å². The predicted octanol–water partition coefficient (Wildman–Crippen LogP) is 3.32. The monoisotopic (exact) mass is 227 g/mol. The Balaban J connectivity index is 0.000000606. The summed E-state index contributed by atoms with van der Waals surface area (Å²) < 4.78 is 5.58. The quantitative estimate of drug-likeness (QED) is 0.714. The minimum absolute atomic E-state index is 0.563. The lowest BCUT2D eigenvalue weighted by Crippen LogP contribution is -2.36. The zero-order valence-corrected chi connectivity index (χ0v) is 11.4. The molecule has 2 rings (SSSR count). The summed E-state index contributed by atoms with van der Waals surface area (Å²) in [6, 6.07) is 0. The molecule has 0 spiro atoms. The number of ether oxygens (including phenoxy) is 1. The van der Waals surface area contributed by atoms with Gasteiger partial charge in [-0.15, -0.1) is 0 Å². The molecule has 0 aromatic heterocycles. The standard InChI is InChI=1S/C12H23NO.C2H6/c1-2-14-11-12(6-7-12)10-13-8-4-3-5-9-13;1-2/h2-11H2,1H3;1-2H3. The molecule has 1 heterocycles. The molecule has 1 saturated carbocycles. The predicted molar refractivity (Wildman–Crippen MR) is 69.8 cm³/mol. The van der Waals surface area contributed by atoms with E-state index in [0.29, 0.717) is 5.41 Å². The van der Waals surface area contributed by atoms with Crippen LogP contribution in [0.2, 0.25) is 0 Å². The van der Waals surface area contributed by atoms with E-state index in [1.165, 1.54) is 51.7 Å². The van der Waals surface area contributed by atoms with Gasteiger partial charge in [-0.2, -0.15) is 0 Å². The van der Waals surface area contributed by atoms with E-state index in [-0.39, 0.29) is 0 Å². The van der Waals surface area contributed by atoms with Crippen LogP contribution >= 0.6 is 0 Å². The smallest absolute Gasteiger partial charge is 0.0534 e. The van der Waals surface area contributed by atoms with Crippen LogP contribution < -0.4 is 0 Å². The van der Waals surface area contributed by atoms with Crippen molar-refractivity contribution in [3.8, 4) is 0 Å². The zero-order valence-electron chi connectivity index (χ0n) is 11.4. The molecule has 16 heavy (non-hydrogen) atoms. The van der Waals surface area contributed by atoms with Gasteiger partial charge in [0, 0.05) is 18.6 Å². The molecule has 0 radical (unpaired) electrons. The Morgan fingerprint density at radius 3 is 2.19 bits per heavy atom. The first-order valence-corrected chi connectivity index (χ1v) is 7.15. The Morgan fingerprint density at radius 2 is 1.69 bits per heavy atom. The molecule has 0 bridgehead atoms. The minimum Gasteiger partial charge on any atom is -0.381 e. The van der Waals surface area contributed by atoms with Gasteiger partial charge in [0.25, 0.3) is 0 Å². The van der Waals surface area contributed by atoms with E-state index in [1.54, 1.807) is 0 Å². The third-order valence-electron chi connectivity index (χ3n) is 3.58. The summed E-state index contributed by atoms with van der Waals surface area (Å²) in [5, 5.41) is 0. The highest BCUT2D eigenvalue weighted by molar-refractivity contribution is 4.95. The van der Waals surface area contributed by atoms with Crippen LogP contribution in [0.3, 0.4) is 0 Å². The number of rotatable bonds is 5. The van der Waals surface area contributed by atoms with Crippen LogP contribution in [0.15, 0.2) is 0 Å². The number of hydrogen-bond donors (Lipinski definition) is 0. The molecule has 0 amide bonds. The maximum absolute atomic E-state index is 5.58. The third-order valence-corrected chi connectivity index (χ3v) is 3.58. The highest BCUT2D eigenvalue weighted by atomic mass is 16.5. The average Bonchev–Trinajstić information content (AvgIpc) is 3.11. The molecule has 2 nitrogen and oxygen atoms in total. The van der Waals surface area contributed by atoms with Gasteiger partial charge in [0.1, 0.15) is 0 Å². The van der Waals surface area contributed by atoms with Crippen molar-refractivity contribution in [1.82, 2.24) is 4.90 Å². The molecule has 0 unspecified atom stereocenters. The Labute approximate surface area is 101 Å². The molecular weight excluding hydrogens is 198 g/mol. The first-order chi connectivity index (χ1) is 7.85. The fraction of sp³-hybridized carbons (Fsp3) is 1.00. The van der Waals surface area contributed by atoms with Gasteiger partial charge >= 0.3 is 0 Å². The molecule has 2 aliphatic rings. The van der Waals surface area contributed by atoms with Gasteiger partial charge in [-0.25, -0.2) is 0 Å². The summed E-state index contributed by atoms with van der Waals surface area (Å²) in [5.74, 6) is 0. The molecule has 0 aromatic carbocycles. The van der Waals surface area contributed by atoms with Gasteiger partial charge < -0.3 is 9.64 Å². The van der Waals surface area contributed by atoms with Gasteiger partial charge in [-0.3, -0.25) is 0 Å². The fourth-order valence-corrected chi connectivity index (χ4v) is 2.44. The molecule has 0 aromatic rings. The molecule has 0 atom stereocenters. The van der Waals surface area contributed by atoms with Gasteiger partial charge in [0.2, 0.25) is 0 Å². The summed E-state index contributed by atoms with van der Waals surface area (Å²) in [6.07, 6.45) is 7.04.